The minimum Gasteiger partial charge on any atom is -0.368 e. The average molecular weight is 336 g/mol. The second-order valence-electron chi connectivity index (χ2n) is 7.00. The molecule has 0 unspecified atom stereocenters. The number of aromatic nitrogens is 2. The second-order valence-corrected chi connectivity index (χ2v) is 7.00. The van der Waals surface area contributed by atoms with Crippen molar-refractivity contribution < 1.29 is 14.1 Å². The zero-order valence-corrected chi connectivity index (χ0v) is 14.7. The Labute approximate surface area is 143 Å². The number of likely N-dealkylation sites (tertiary alicyclic amines) is 1. The predicted molar refractivity (Wildman–Crippen MR) is 88.4 cm³/mol. The Morgan fingerprint density at radius 2 is 2.12 bits per heavy atom. The molecule has 0 bridgehead atoms. The highest BCUT2D eigenvalue weighted by atomic mass is 16.5. The van der Waals surface area contributed by atoms with Gasteiger partial charge in [-0.3, -0.25) is 4.79 Å². The van der Waals surface area contributed by atoms with Gasteiger partial charge in [-0.25, -0.2) is 0 Å². The normalized spacial score (nSPS) is 23.0. The molecule has 7 heteroatoms. The van der Waals surface area contributed by atoms with E-state index in [0.717, 1.165) is 45.4 Å². The molecule has 1 aromatic rings. The summed E-state index contributed by atoms with van der Waals surface area (Å²) in [6.07, 6.45) is 4.39. The number of hydrogen-bond donors (Lipinski definition) is 1. The molecule has 134 valence electrons. The lowest BCUT2D eigenvalue weighted by Gasteiger charge is -2.33. The van der Waals surface area contributed by atoms with E-state index in [2.05, 4.69) is 34.2 Å². The molecule has 3 rings (SSSR count). The van der Waals surface area contributed by atoms with Gasteiger partial charge in [0, 0.05) is 31.5 Å². The standard InChI is InChI=1S/C17H28N4O3/c1-12(2)21-9-6-13(7-10-21)16(22)18-8-5-15-19-17(24-20-15)14-4-3-11-23-14/h12-14H,3-11H2,1-2H3,(H,18,22)/t14-/m0/s1. The van der Waals surface area contributed by atoms with Crippen LogP contribution in [0.5, 0.6) is 0 Å². The first-order chi connectivity index (χ1) is 11.6. The maximum absolute atomic E-state index is 12.3. The molecule has 0 aromatic carbocycles. The van der Waals surface area contributed by atoms with Gasteiger partial charge < -0.3 is 19.5 Å². The van der Waals surface area contributed by atoms with Crippen molar-refractivity contribution in [3.63, 3.8) is 0 Å². The van der Waals surface area contributed by atoms with Crippen LogP contribution in [0.2, 0.25) is 0 Å². The SMILES string of the molecule is CC(C)N1CCC(C(=O)NCCc2noc([C@@H]3CCCO3)n2)CC1. The largest absolute Gasteiger partial charge is 0.368 e. The summed E-state index contributed by atoms with van der Waals surface area (Å²) >= 11 is 0. The van der Waals surface area contributed by atoms with Crippen LogP contribution in [-0.4, -0.2) is 53.2 Å². The monoisotopic (exact) mass is 336 g/mol. The molecule has 24 heavy (non-hydrogen) atoms. The second kappa shape index (κ2) is 8.07. The molecule has 1 N–H and O–H groups in total. The van der Waals surface area contributed by atoms with E-state index < -0.39 is 0 Å². The van der Waals surface area contributed by atoms with E-state index in [-0.39, 0.29) is 17.9 Å². The zero-order chi connectivity index (χ0) is 16.9. The zero-order valence-electron chi connectivity index (χ0n) is 14.7. The fourth-order valence-corrected chi connectivity index (χ4v) is 3.39. The number of rotatable bonds is 6. The molecule has 2 aliphatic heterocycles. The van der Waals surface area contributed by atoms with E-state index in [1.807, 2.05) is 0 Å². The van der Waals surface area contributed by atoms with E-state index >= 15 is 0 Å². The maximum Gasteiger partial charge on any atom is 0.255 e. The van der Waals surface area contributed by atoms with Crippen molar-refractivity contribution in [2.45, 2.75) is 58.1 Å². The molecule has 1 aromatic heterocycles. The molecule has 0 spiro atoms. The number of hydrogen-bond acceptors (Lipinski definition) is 6. The third kappa shape index (κ3) is 4.33. The molecular weight excluding hydrogens is 308 g/mol. The van der Waals surface area contributed by atoms with E-state index in [1.54, 1.807) is 0 Å². The quantitative estimate of drug-likeness (QED) is 0.852. The lowest BCUT2D eigenvalue weighted by Crippen LogP contribution is -2.43. The van der Waals surface area contributed by atoms with Crippen LogP contribution in [0.15, 0.2) is 4.52 Å². The first-order valence-corrected chi connectivity index (χ1v) is 9.09. The van der Waals surface area contributed by atoms with E-state index in [0.29, 0.717) is 30.7 Å². The number of carbonyl (C=O) groups is 1. The molecule has 7 nitrogen and oxygen atoms in total. The Balaban J connectivity index is 1.38. The van der Waals surface area contributed by atoms with E-state index in [1.165, 1.54) is 0 Å². The molecule has 2 saturated heterocycles. The van der Waals surface area contributed by atoms with Gasteiger partial charge in [0.05, 0.1) is 0 Å². The van der Waals surface area contributed by atoms with Crippen LogP contribution in [-0.2, 0) is 16.0 Å². The number of piperidine rings is 1. The molecule has 1 atom stereocenters. The Morgan fingerprint density at radius 1 is 1.33 bits per heavy atom. The summed E-state index contributed by atoms with van der Waals surface area (Å²) in [6, 6.07) is 0.560. The van der Waals surface area contributed by atoms with E-state index in [9.17, 15) is 4.79 Å². The topological polar surface area (TPSA) is 80.5 Å². The Bertz CT molecular complexity index is 532. The van der Waals surface area contributed by atoms with Crippen LogP contribution >= 0.6 is 0 Å². The van der Waals surface area contributed by atoms with Gasteiger partial charge >= 0.3 is 0 Å². The summed E-state index contributed by atoms with van der Waals surface area (Å²) < 4.78 is 10.8. The Kier molecular flexibility index (Phi) is 5.84. The lowest BCUT2D eigenvalue weighted by molar-refractivity contribution is -0.126. The number of nitrogens with zero attached hydrogens (tertiary/aromatic N) is 3. The van der Waals surface area contributed by atoms with Gasteiger partial charge in [-0.1, -0.05) is 5.16 Å². The smallest absolute Gasteiger partial charge is 0.255 e. The van der Waals surface area contributed by atoms with Gasteiger partial charge in [0.25, 0.3) is 5.89 Å². The van der Waals surface area contributed by atoms with Crippen LogP contribution in [0.25, 0.3) is 0 Å². The molecule has 2 aliphatic rings. The summed E-state index contributed by atoms with van der Waals surface area (Å²) in [6.45, 7) is 7.73. The van der Waals surface area contributed by atoms with Crippen molar-refractivity contribution >= 4 is 5.91 Å². The molecular formula is C17H28N4O3. The number of carbonyl (C=O) groups excluding carboxylic acids is 1. The maximum atomic E-state index is 12.3. The minimum atomic E-state index is -0.0491. The van der Waals surface area contributed by atoms with E-state index in [4.69, 9.17) is 9.26 Å². The minimum absolute atomic E-state index is 0.0491. The lowest BCUT2D eigenvalue weighted by atomic mass is 9.95. The van der Waals surface area contributed by atoms with Crippen LogP contribution in [0.3, 0.4) is 0 Å². The summed E-state index contributed by atoms with van der Waals surface area (Å²) in [5.41, 5.74) is 0. The van der Waals surface area contributed by atoms with Gasteiger partial charge in [-0.2, -0.15) is 4.98 Å². The summed E-state index contributed by atoms with van der Waals surface area (Å²) in [5.74, 6) is 1.49. The van der Waals surface area contributed by atoms with Crippen molar-refractivity contribution in [2.75, 3.05) is 26.2 Å². The highest BCUT2D eigenvalue weighted by Crippen LogP contribution is 2.26. The van der Waals surface area contributed by atoms with Crippen molar-refractivity contribution in [3.8, 4) is 0 Å². The Morgan fingerprint density at radius 3 is 2.79 bits per heavy atom. The van der Waals surface area contributed by atoms with Crippen molar-refractivity contribution in [1.29, 1.82) is 0 Å². The summed E-state index contributed by atoms with van der Waals surface area (Å²) in [4.78, 5) is 19.1. The van der Waals surface area contributed by atoms with Gasteiger partial charge in [0.2, 0.25) is 5.91 Å². The van der Waals surface area contributed by atoms with Gasteiger partial charge in [0.15, 0.2) is 5.82 Å². The molecule has 2 fully saturated rings. The molecule has 0 radical (unpaired) electrons. The number of ether oxygens (including phenoxy) is 1. The Hall–Kier alpha value is -1.47. The van der Waals surface area contributed by atoms with Crippen LogP contribution in [0.1, 0.15) is 57.3 Å². The fraction of sp³-hybridized carbons (Fsp3) is 0.824. The van der Waals surface area contributed by atoms with Gasteiger partial charge in [-0.05, 0) is 52.6 Å². The first kappa shape index (κ1) is 17.4. The predicted octanol–water partition coefficient (Wildman–Crippen LogP) is 1.70. The van der Waals surface area contributed by atoms with Crippen molar-refractivity contribution in [1.82, 2.24) is 20.4 Å². The summed E-state index contributed by atoms with van der Waals surface area (Å²) in [5, 5.41) is 6.99. The third-order valence-corrected chi connectivity index (χ3v) is 4.97. The van der Waals surface area contributed by atoms with Crippen molar-refractivity contribution in [3.05, 3.63) is 11.7 Å². The summed E-state index contributed by atoms with van der Waals surface area (Å²) in [7, 11) is 0. The number of amides is 1. The molecule has 3 heterocycles. The van der Waals surface area contributed by atoms with Crippen LogP contribution in [0, 0.1) is 5.92 Å². The average Bonchev–Trinajstić information content (AvgIpc) is 3.26. The van der Waals surface area contributed by atoms with Gasteiger partial charge in [0.1, 0.15) is 6.10 Å². The van der Waals surface area contributed by atoms with Crippen LogP contribution in [0.4, 0.5) is 0 Å². The highest BCUT2D eigenvalue weighted by Gasteiger charge is 2.26. The van der Waals surface area contributed by atoms with Crippen LogP contribution < -0.4 is 5.32 Å². The third-order valence-electron chi connectivity index (χ3n) is 4.97. The molecule has 0 aliphatic carbocycles. The first-order valence-electron chi connectivity index (χ1n) is 9.09. The fourth-order valence-electron chi connectivity index (χ4n) is 3.39. The van der Waals surface area contributed by atoms with Gasteiger partial charge in [-0.15, -0.1) is 0 Å². The number of nitrogens with one attached hydrogen (secondary N) is 1. The molecule has 1 amide bonds. The van der Waals surface area contributed by atoms with Crippen molar-refractivity contribution in [2.24, 2.45) is 5.92 Å². The highest BCUT2D eigenvalue weighted by molar-refractivity contribution is 5.78. The molecule has 0 saturated carbocycles.